The second-order valence-corrected chi connectivity index (χ2v) is 22.2. The van der Waals surface area contributed by atoms with E-state index in [0.29, 0.717) is 35.4 Å². The van der Waals surface area contributed by atoms with Crippen molar-refractivity contribution in [2.45, 2.75) is 169 Å². The van der Waals surface area contributed by atoms with Gasteiger partial charge < -0.3 is 29.4 Å². The lowest BCUT2D eigenvalue weighted by Gasteiger charge is -2.50. The number of likely N-dealkylation sites (tertiary alicyclic amines) is 1. The SMILES string of the molecule is CC(C)(C)OC(=O)N(Cc1c(Cl)cccc1Cl)c1nc(-c2cccc(CCNC3CCN(C(=O)OC(C)(C)C)[C@@](C(=O)O)(C4CCCC4)C3)c2)cnc1N(C(=O)OC(C)(C)C)C(=O)OC(C)(C)C. The van der Waals surface area contributed by atoms with Gasteiger partial charge in [0.25, 0.3) is 0 Å². The zero-order chi connectivity index (χ0) is 50.6. The highest BCUT2D eigenvalue weighted by molar-refractivity contribution is 6.36. The summed E-state index contributed by atoms with van der Waals surface area (Å²) in [6.07, 6.45) is 2.17. The number of carboxylic acids is 1. The van der Waals surface area contributed by atoms with Crippen LogP contribution in [0, 0.1) is 5.92 Å². The van der Waals surface area contributed by atoms with Crippen LogP contribution in [0.2, 0.25) is 10.0 Å². The maximum atomic E-state index is 14.4. The highest BCUT2D eigenvalue weighted by atomic mass is 35.5. The molecule has 2 N–H and O–H groups in total. The van der Waals surface area contributed by atoms with E-state index in [2.05, 4.69) is 10.3 Å². The maximum absolute atomic E-state index is 14.4. The monoisotopic (exact) mass is 982 g/mol. The predicted octanol–water partition coefficient (Wildman–Crippen LogP) is 11.6. The number of carboxylic acid groups (broad SMARTS) is 1. The minimum Gasteiger partial charge on any atom is -0.479 e. The van der Waals surface area contributed by atoms with E-state index in [9.17, 15) is 29.1 Å². The van der Waals surface area contributed by atoms with Crippen LogP contribution in [0.15, 0.2) is 48.7 Å². The molecule has 1 saturated carbocycles. The number of amides is 4. The van der Waals surface area contributed by atoms with E-state index >= 15 is 0 Å². The summed E-state index contributed by atoms with van der Waals surface area (Å²) in [4.78, 5) is 82.1. The molecule has 1 unspecified atom stereocenters. The number of imide groups is 1. The van der Waals surface area contributed by atoms with E-state index < -0.39 is 58.3 Å². The maximum Gasteiger partial charge on any atom is 0.425 e. The van der Waals surface area contributed by atoms with Crippen LogP contribution in [0.25, 0.3) is 11.3 Å². The van der Waals surface area contributed by atoms with Crippen molar-refractivity contribution in [1.29, 1.82) is 0 Å². The van der Waals surface area contributed by atoms with Crippen LogP contribution in [0.5, 0.6) is 0 Å². The number of hydrogen-bond acceptors (Lipinski definition) is 12. The zero-order valence-electron chi connectivity index (χ0n) is 41.5. The molecule has 1 saturated heterocycles. The van der Waals surface area contributed by atoms with Crippen molar-refractivity contribution in [3.05, 3.63) is 69.8 Å². The number of benzene rings is 2. The van der Waals surface area contributed by atoms with Crippen LogP contribution >= 0.6 is 23.2 Å². The molecule has 4 amide bonds. The fourth-order valence-electron chi connectivity index (χ4n) is 8.39. The third kappa shape index (κ3) is 14.0. The lowest BCUT2D eigenvalue weighted by atomic mass is 9.73. The molecule has 2 aliphatic rings. The van der Waals surface area contributed by atoms with Crippen LogP contribution in [-0.4, -0.2) is 97.4 Å². The predicted molar refractivity (Wildman–Crippen MR) is 261 cm³/mol. The first-order valence-corrected chi connectivity index (χ1v) is 23.9. The molecule has 1 aliphatic carbocycles. The molecule has 68 heavy (non-hydrogen) atoms. The summed E-state index contributed by atoms with van der Waals surface area (Å²) in [5, 5.41) is 14.9. The molecule has 2 fully saturated rings. The van der Waals surface area contributed by atoms with Gasteiger partial charge in [-0.05, 0) is 151 Å². The zero-order valence-corrected chi connectivity index (χ0v) is 43.0. The van der Waals surface area contributed by atoms with Gasteiger partial charge in [-0.2, -0.15) is 4.90 Å². The Morgan fingerprint density at radius 2 is 1.31 bits per heavy atom. The van der Waals surface area contributed by atoms with Gasteiger partial charge in [0.05, 0.1) is 18.4 Å². The lowest BCUT2D eigenvalue weighted by Crippen LogP contribution is -2.67. The van der Waals surface area contributed by atoms with Crippen LogP contribution in [0.3, 0.4) is 0 Å². The molecule has 0 spiro atoms. The van der Waals surface area contributed by atoms with Gasteiger partial charge in [-0.1, -0.05) is 60.3 Å². The number of carbonyl (C=O) groups is 5. The molecule has 5 rings (SSSR count). The summed E-state index contributed by atoms with van der Waals surface area (Å²) < 4.78 is 23.0. The van der Waals surface area contributed by atoms with Gasteiger partial charge in [-0.3, -0.25) is 9.80 Å². The largest absolute Gasteiger partial charge is 0.479 e. The molecule has 3 aromatic rings. The van der Waals surface area contributed by atoms with Crippen molar-refractivity contribution in [3.63, 3.8) is 0 Å². The van der Waals surface area contributed by atoms with Crippen molar-refractivity contribution in [3.8, 4) is 11.3 Å². The number of anilines is 2. The Kier molecular flexibility index (Phi) is 16.8. The van der Waals surface area contributed by atoms with Gasteiger partial charge in [-0.25, -0.2) is 33.9 Å². The number of halogens is 2. The molecule has 0 radical (unpaired) electrons. The summed E-state index contributed by atoms with van der Waals surface area (Å²) in [6.45, 7) is 20.6. The van der Waals surface area contributed by atoms with Gasteiger partial charge in [0, 0.05) is 33.8 Å². The number of aromatic nitrogens is 2. The fourth-order valence-corrected chi connectivity index (χ4v) is 8.91. The summed E-state index contributed by atoms with van der Waals surface area (Å²) in [7, 11) is 0. The van der Waals surface area contributed by atoms with Crippen LogP contribution in [-0.2, 0) is 36.7 Å². The quantitative estimate of drug-likeness (QED) is 0.173. The summed E-state index contributed by atoms with van der Waals surface area (Å²) >= 11 is 13.3. The minimum absolute atomic E-state index is 0.183. The average molecular weight is 984 g/mol. The topological polar surface area (TPSA) is 190 Å². The number of aliphatic carboxylic acids is 1. The highest BCUT2D eigenvalue weighted by Gasteiger charge is 2.57. The number of carbonyl (C=O) groups excluding carboxylic acids is 4. The van der Waals surface area contributed by atoms with Gasteiger partial charge in [0.1, 0.15) is 27.9 Å². The highest BCUT2D eigenvalue weighted by Crippen LogP contribution is 2.44. The molecule has 2 atom stereocenters. The molecular weight excluding hydrogens is 915 g/mol. The van der Waals surface area contributed by atoms with Crippen molar-refractivity contribution in [2.75, 3.05) is 22.9 Å². The summed E-state index contributed by atoms with van der Waals surface area (Å²) in [6, 6.07) is 12.2. The summed E-state index contributed by atoms with van der Waals surface area (Å²) in [5.74, 6) is -1.86. The number of rotatable bonds is 11. The van der Waals surface area contributed by atoms with E-state index in [0.717, 1.165) is 36.1 Å². The van der Waals surface area contributed by atoms with Crippen molar-refractivity contribution in [2.24, 2.45) is 5.92 Å². The Labute approximate surface area is 410 Å². The van der Waals surface area contributed by atoms with E-state index in [1.54, 1.807) is 101 Å². The molecule has 372 valence electrons. The van der Waals surface area contributed by atoms with Gasteiger partial charge >= 0.3 is 30.3 Å². The minimum atomic E-state index is -1.40. The standard InChI is InChI=1S/C50H68Cl2N6O10/c1-46(2,3)65-42(61)56(30-35-36(51)21-16-22-37(35)52)40-39(58(44(63)67-48(7,8)9)45(64)68-49(10,11)12)54-29-38(55-40)32-18-15-17-31(27-32)23-25-53-34-24-26-57(43(62)66-47(4,5)6)50(28-34,41(59)60)33-19-13-14-20-33/h15-18,21-22,27,29,33-34,53H,13-14,19-20,23-26,28,30H2,1-12H3,(H,59,60)/t34?,50-/m1/s1. The Balaban J connectivity index is 1.53. The summed E-state index contributed by atoms with van der Waals surface area (Å²) in [5.41, 5.74) is -3.25. The van der Waals surface area contributed by atoms with Crippen molar-refractivity contribution < 1.29 is 48.0 Å². The first-order chi connectivity index (χ1) is 31.5. The van der Waals surface area contributed by atoms with Gasteiger partial charge in [0.2, 0.25) is 0 Å². The Morgan fingerprint density at radius 1 is 0.765 bits per heavy atom. The fraction of sp³-hybridized carbons (Fsp3) is 0.580. The molecule has 18 heteroatoms. The smallest absolute Gasteiger partial charge is 0.425 e. The molecule has 1 aromatic heterocycles. The first-order valence-electron chi connectivity index (χ1n) is 23.1. The average Bonchev–Trinajstić information content (AvgIpc) is 3.74. The number of nitrogens with one attached hydrogen (secondary N) is 1. The molecule has 2 aromatic carbocycles. The van der Waals surface area contributed by atoms with Gasteiger partial charge in [-0.15, -0.1) is 0 Å². The van der Waals surface area contributed by atoms with Gasteiger partial charge in [0.15, 0.2) is 11.6 Å². The number of ether oxygens (including phenoxy) is 4. The molecular formula is C50H68Cl2N6O10. The van der Waals surface area contributed by atoms with E-state index in [-0.39, 0.29) is 58.8 Å². The Morgan fingerprint density at radius 3 is 1.85 bits per heavy atom. The lowest BCUT2D eigenvalue weighted by molar-refractivity contribution is -0.159. The third-order valence-corrected chi connectivity index (χ3v) is 11.9. The van der Waals surface area contributed by atoms with Crippen LogP contribution < -0.4 is 15.1 Å². The third-order valence-electron chi connectivity index (χ3n) is 11.2. The molecule has 2 heterocycles. The molecule has 16 nitrogen and oxygen atoms in total. The number of nitrogens with zero attached hydrogens (tertiary/aromatic N) is 5. The first kappa shape index (κ1) is 53.8. The van der Waals surface area contributed by atoms with Crippen LogP contribution in [0.1, 0.15) is 133 Å². The number of hydrogen-bond donors (Lipinski definition) is 2. The van der Waals surface area contributed by atoms with Crippen molar-refractivity contribution >= 4 is 65.2 Å². The van der Waals surface area contributed by atoms with Crippen LogP contribution in [0.4, 0.5) is 30.8 Å². The molecule has 1 aliphatic heterocycles. The Bertz CT molecular complexity index is 2280. The van der Waals surface area contributed by atoms with E-state index in [4.69, 9.17) is 47.1 Å². The Hall–Kier alpha value is -5.19. The second kappa shape index (κ2) is 21.2. The number of piperidine rings is 1. The van der Waals surface area contributed by atoms with Crippen molar-refractivity contribution in [1.82, 2.24) is 20.2 Å². The van der Waals surface area contributed by atoms with E-state index in [1.165, 1.54) is 11.1 Å². The second-order valence-electron chi connectivity index (χ2n) is 21.4. The molecule has 0 bridgehead atoms. The van der Waals surface area contributed by atoms with E-state index in [1.807, 2.05) is 24.3 Å². The normalized spacial score (nSPS) is 18.1.